The molecule has 1 aliphatic heterocycles. The molecule has 1 aromatic carbocycles. The molecule has 0 aromatic heterocycles. The van der Waals surface area contributed by atoms with Crippen LogP contribution in [0.1, 0.15) is 30.4 Å². The zero-order valence-electron chi connectivity index (χ0n) is 9.64. The molecular formula is C13H15NO3. The van der Waals surface area contributed by atoms with E-state index in [0.29, 0.717) is 0 Å². The lowest BCUT2D eigenvalue weighted by molar-refractivity contribution is -0.140. The Kier molecular flexibility index (Phi) is 3.13. The second-order valence-corrected chi connectivity index (χ2v) is 4.25. The Balaban J connectivity index is 2.38. The summed E-state index contributed by atoms with van der Waals surface area (Å²) in [5.41, 5.74) is 2.08. The minimum absolute atomic E-state index is 0.187. The highest BCUT2D eigenvalue weighted by Crippen LogP contribution is 2.31. The van der Waals surface area contributed by atoms with E-state index in [0.717, 1.165) is 17.5 Å². The Morgan fingerprint density at radius 1 is 1.47 bits per heavy atom. The number of carbonyl (C=O) groups is 2. The van der Waals surface area contributed by atoms with E-state index < -0.39 is 12.0 Å². The maximum Gasteiger partial charge on any atom is 0.326 e. The third-order valence-corrected chi connectivity index (χ3v) is 3.23. The minimum atomic E-state index is -0.966. The van der Waals surface area contributed by atoms with Gasteiger partial charge >= 0.3 is 5.97 Å². The molecule has 1 aromatic rings. The van der Waals surface area contributed by atoms with E-state index in [4.69, 9.17) is 5.11 Å². The van der Waals surface area contributed by atoms with Crippen LogP contribution < -0.4 is 5.32 Å². The third kappa shape index (κ3) is 2.16. The predicted molar refractivity (Wildman–Crippen MR) is 62.7 cm³/mol. The largest absolute Gasteiger partial charge is 0.480 e. The van der Waals surface area contributed by atoms with Crippen molar-refractivity contribution >= 4 is 11.9 Å². The molecule has 1 aliphatic rings. The second-order valence-electron chi connectivity index (χ2n) is 4.25. The van der Waals surface area contributed by atoms with E-state index in [1.54, 1.807) is 0 Å². The van der Waals surface area contributed by atoms with Crippen LogP contribution >= 0.6 is 0 Å². The number of hydrogen-bond donors (Lipinski definition) is 2. The van der Waals surface area contributed by atoms with Gasteiger partial charge in [0.05, 0.1) is 0 Å². The van der Waals surface area contributed by atoms with Crippen LogP contribution in [0.15, 0.2) is 24.3 Å². The van der Waals surface area contributed by atoms with Gasteiger partial charge in [0.2, 0.25) is 5.91 Å². The summed E-state index contributed by atoms with van der Waals surface area (Å²) in [5, 5.41) is 11.6. The summed E-state index contributed by atoms with van der Waals surface area (Å²) in [4.78, 5) is 22.5. The van der Waals surface area contributed by atoms with Crippen molar-refractivity contribution in [3.8, 4) is 0 Å². The molecule has 0 radical (unpaired) electrons. The van der Waals surface area contributed by atoms with E-state index in [1.807, 2.05) is 31.2 Å². The average Bonchev–Trinajstić information content (AvgIpc) is 2.71. The van der Waals surface area contributed by atoms with Crippen LogP contribution in [0.25, 0.3) is 0 Å². The lowest BCUT2D eigenvalue weighted by atomic mass is 9.87. The van der Waals surface area contributed by atoms with Gasteiger partial charge < -0.3 is 10.4 Å². The lowest BCUT2D eigenvalue weighted by Gasteiger charge is -2.18. The molecular weight excluding hydrogens is 218 g/mol. The molecule has 2 atom stereocenters. The fraction of sp³-hybridized carbons (Fsp3) is 0.385. The van der Waals surface area contributed by atoms with Crippen LogP contribution in [0.3, 0.4) is 0 Å². The summed E-state index contributed by atoms with van der Waals surface area (Å²) in [5.74, 6) is -1.41. The molecule has 90 valence electrons. The highest BCUT2D eigenvalue weighted by atomic mass is 16.4. The molecule has 2 rings (SSSR count). The summed E-state index contributed by atoms with van der Waals surface area (Å²) in [6.45, 7) is 2.03. The lowest BCUT2D eigenvalue weighted by Crippen LogP contribution is -2.36. The first-order chi connectivity index (χ1) is 8.13. The van der Waals surface area contributed by atoms with Gasteiger partial charge in [0.15, 0.2) is 0 Å². The smallest absolute Gasteiger partial charge is 0.326 e. The van der Waals surface area contributed by atoms with E-state index in [2.05, 4.69) is 5.32 Å². The molecule has 2 N–H and O–H groups in total. The molecule has 0 aliphatic carbocycles. The summed E-state index contributed by atoms with van der Waals surface area (Å²) in [6, 6.07) is 6.92. The molecule has 4 nitrogen and oxygen atoms in total. The first-order valence-corrected chi connectivity index (χ1v) is 5.73. The number of rotatable bonds is 3. The quantitative estimate of drug-likeness (QED) is 0.827. The van der Waals surface area contributed by atoms with Gasteiger partial charge in [0.25, 0.3) is 0 Å². The highest BCUT2D eigenvalue weighted by Gasteiger charge is 2.38. The zero-order valence-corrected chi connectivity index (χ0v) is 9.64. The molecule has 1 saturated heterocycles. The van der Waals surface area contributed by atoms with Crippen molar-refractivity contribution in [3.63, 3.8) is 0 Å². The second kappa shape index (κ2) is 4.57. The van der Waals surface area contributed by atoms with Crippen LogP contribution in [0.2, 0.25) is 0 Å². The standard InChI is InChI=1S/C13H15NO3/c1-2-8-5-3-4-6-9(8)10-7-11(15)14-12(10)13(16)17/h3-6,10,12H,2,7H2,1H3,(H,14,15)(H,16,17). The first kappa shape index (κ1) is 11.6. The van der Waals surface area contributed by atoms with Crippen molar-refractivity contribution in [2.24, 2.45) is 0 Å². The maximum atomic E-state index is 11.4. The van der Waals surface area contributed by atoms with Crippen LogP contribution in [-0.4, -0.2) is 23.0 Å². The van der Waals surface area contributed by atoms with Crippen molar-refractivity contribution in [1.29, 1.82) is 0 Å². The van der Waals surface area contributed by atoms with Crippen molar-refractivity contribution in [1.82, 2.24) is 5.32 Å². The summed E-state index contributed by atoms with van der Waals surface area (Å²) in [6.07, 6.45) is 1.10. The van der Waals surface area contributed by atoms with E-state index in [-0.39, 0.29) is 18.2 Å². The van der Waals surface area contributed by atoms with Gasteiger partial charge in [0, 0.05) is 12.3 Å². The Labute approximate surface area is 99.6 Å². The van der Waals surface area contributed by atoms with E-state index in [1.165, 1.54) is 0 Å². The topological polar surface area (TPSA) is 66.4 Å². The van der Waals surface area contributed by atoms with Crippen LogP contribution in [0.5, 0.6) is 0 Å². The number of benzene rings is 1. The molecule has 17 heavy (non-hydrogen) atoms. The van der Waals surface area contributed by atoms with Crippen molar-refractivity contribution in [2.45, 2.75) is 31.7 Å². The molecule has 1 amide bonds. The van der Waals surface area contributed by atoms with Crippen molar-refractivity contribution in [2.75, 3.05) is 0 Å². The highest BCUT2D eigenvalue weighted by molar-refractivity contribution is 5.89. The molecule has 1 fully saturated rings. The number of carboxylic acid groups (broad SMARTS) is 1. The van der Waals surface area contributed by atoms with Crippen molar-refractivity contribution < 1.29 is 14.7 Å². The Hall–Kier alpha value is -1.84. The summed E-state index contributed by atoms with van der Waals surface area (Å²) in [7, 11) is 0. The number of amides is 1. The molecule has 2 unspecified atom stereocenters. The molecule has 4 heteroatoms. The van der Waals surface area contributed by atoms with Gasteiger partial charge in [-0.05, 0) is 17.5 Å². The molecule has 0 spiro atoms. The number of nitrogens with one attached hydrogen (secondary N) is 1. The first-order valence-electron chi connectivity index (χ1n) is 5.73. The molecule has 1 heterocycles. The van der Waals surface area contributed by atoms with Gasteiger partial charge in [-0.1, -0.05) is 31.2 Å². The number of aryl methyl sites for hydroxylation is 1. The number of aliphatic carboxylic acids is 1. The fourth-order valence-corrected chi connectivity index (χ4v) is 2.39. The van der Waals surface area contributed by atoms with Gasteiger partial charge in [-0.3, -0.25) is 4.79 Å². The van der Waals surface area contributed by atoms with E-state index >= 15 is 0 Å². The number of carboxylic acids is 1. The summed E-state index contributed by atoms with van der Waals surface area (Å²) < 4.78 is 0. The Morgan fingerprint density at radius 3 is 2.82 bits per heavy atom. The number of carbonyl (C=O) groups excluding carboxylic acids is 1. The zero-order chi connectivity index (χ0) is 12.4. The molecule has 0 bridgehead atoms. The Morgan fingerprint density at radius 2 is 2.18 bits per heavy atom. The minimum Gasteiger partial charge on any atom is -0.480 e. The molecule has 0 saturated carbocycles. The predicted octanol–water partition coefficient (Wildman–Crippen LogP) is 1.31. The Bertz CT molecular complexity index is 456. The monoisotopic (exact) mass is 233 g/mol. The third-order valence-electron chi connectivity index (χ3n) is 3.23. The van der Waals surface area contributed by atoms with Crippen molar-refractivity contribution in [3.05, 3.63) is 35.4 Å². The van der Waals surface area contributed by atoms with Crippen LogP contribution in [-0.2, 0) is 16.0 Å². The van der Waals surface area contributed by atoms with E-state index in [9.17, 15) is 9.59 Å². The summed E-state index contributed by atoms with van der Waals surface area (Å²) >= 11 is 0. The van der Waals surface area contributed by atoms with Gasteiger partial charge in [-0.25, -0.2) is 4.79 Å². The van der Waals surface area contributed by atoms with Gasteiger partial charge in [-0.2, -0.15) is 0 Å². The van der Waals surface area contributed by atoms with Crippen LogP contribution in [0, 0.1) is 0 Å². The maximum absolute atomic E-state index is 11.4. The number of hydrogen-bond acceptors (Lipinski definition) is 2. The van der Waals surface area contributed by atoms with Crippen LogP contribution in [0.4, 0.5) is 0 Å². The SMILES string of the molecule is CCc1ccccc1C1CC(=O)NC1C(=O)O. The average molecular weight is 233 g/mol. The fourth-order valence-electron chi connectivity index (χ4n) is 2.39. The van der Waals surface area contributed by atoms with Gasteiger partial charge in [0.1, 0.15) is 6.04 Å². The van der Waals surface area contributed by atoms with Gasteiger partial charge in [-0.15, -0.1) is 0 Å². The normalized spacial score (nSPS) is 23.5.